The molecule has 2 aliphatic rings. The average molecular weight is 396 g/mol. The summed E-state index contributed by atoms with van der Waals surface area (Å²) in [4.78, 5) is 24.4. The predicted molar refractivity (Wildman–Crippen MR) is 110 cm³/mol. The van der Waals surface area contributed by atoms with Gasteiger partial charge in [0.1, 0.15) is 11.6 Å². The molecule has 2 N–H and O–H groups in total. The average Bonchev–Trinajstić information content (AvgIpc) is 3.08. The topological polar surface area (TPSA) is 77.8 Å². The highest BCUT2D eigenvalue weighted by molar-refractivity contribution is 6.11. The van der Waals surface area contributed by atoms with E-state index in [1.54, 1.807) is 6.07 Å². The molecule has 1 aromatic carbocycles. The molecule has 1 aromatic heterocycles. The number of amides is 1. The van der Waals surface area contributed by atoms with Crippen molar-refractivity contribution >= 4 is 11.6 Å². The molecule has 29 heavy (non-hydrogen) atoms. The van der Waals surface area contributed by atoms with Gasteiger partial charge in [-0.05, 0) is 31.5 Å². The molecule has 0 unspecified atom stereocenters. The summed E-state index contributed by atoms with van der Waals surface area (Å²) in [6, 6.07) is 5.91. The molecular formula is C22H25FN4O2. The lowest BCUT2D eigenvalue weighted by Crippen LogP contribution is -2.52. The van der Waals surface area contributed by atoms with Crippen LogP contribution >= 0.6 is 0 Å². The van der Waals surface area contributed by atoms with Crippen molar-refractivity contribution in [2.75, 3.05) is 19.6 Å². The number of phenols is 1. The van der Waals surface area contributed by atoms with E-state index in [1.165, 1.54) is 12.1 Å². The number of halogens is 1. The Bertz CT molecular complexity index is 987. The van der Waals surface area contributed by atoms with Crippen molar-refractivity contribution in [3.8, 4) is 17.0 Å². The maximum atomic E-state index is 14.5. The van der Waals surface area contributed by atoms with Crippen LogP contribution in [0.3, 0.4) is 0 Å². The van der Waals surface area contributed by atoms with Crippen LogP contribution < -0.4 is 5.32 Å². The summed E-state index contributed by atoms with van der Waals surface area (Å²) in [7, 11) is 0. The SMILES string of the molecule is CCC[C@@H]1CN(C(=O)c2cc(-c3ccc(O)cc3F)nc3c2C(C)=NC3)CCN1. The van der Waals surface area contributed by atoms with Crippen LogP contribution in [0.5, 0.6) is 5.75 Å². The van der Waals surface area contributed by atoms with Crippen LogP contribution in [0.1, 0.15) is 48.3 Å². The summed E-state index contributed by atoms with van der Waals surface area (Å²) in [6.45, 7) is 6.45. The first-order valence-electron chi connectivity index (χ1n) is 10.0. The molecule has 7 heteroatoms. The predicted octanol–water partition coefficient (Wildman–Crippen LogP) is 3.13. The number of aromatic hydroxyl groups is 1. The number of carbonyl (C=O) groups excluding carboxylic acids is 1. The molecule has 1 saturated heterocycles. The molecule has 2 aliphatic heterocycles. The van der Waals surface area contributed by atoms with E-state index in [2.05, 4.69) is 22.2 Å². The first-order valence-corrected chi connectivity index (χ1v) is 10.0. The van der Waals surface area contributed by atoms with Crippen LogP contribution in [0.15, 0.2) is 29.3 Å². The van der Waals surface area contributed by atoms with Gasteiger partial charge in [-0.1, -0.05) is 13.3 Å². The minimum absolute atomic E-state index is 0.0665. The van der Waals surface area contributed by atoms with E-state index in [9.17, 15) is 14.3 Å². The number of piperazine rings is 1. The fraction of sp³-hybridized carbons (Fsp3) is 0.409. The molecule has 0 bridgehead atoms. The third-order valence-electron chi connectivity index (χ3n) is 5.56. The molecule has 6 nitrogen and oxygen atoms in total. The highest BCUT2D eigenvalue weighted by Crippen LogP contribution is 2.30. The standard InChI is InChI=1S/C22H25FN4O2/c1-3-4-14-12-27(8-7-24-14)22(29)17-10-19(16-6-5-15(28)9-18(16)23)26-20-11-25-13(2)21(17)20/h5-6,9-10,14,24,28H,3-4,7-8,11-12H2,1-2H3/t14-/m1/s1. The minimum Gasteiger partial charge on any atom is -0.508 e. The summed E-state index contributed by atoms with van der Waals surface area (Å²) in [6.07, 6.45) is 2.07. The van der Waals surface area contributed by atoms with Gasteiger partial charge < -0.3 is 15.3 Å². The Balaban J connectivity index is 1.75. The Hall–Kier alpha value is -2.80. The van der Waals surface area contributed by atoms with Gasteiger partial charge in [0.2, 0.25) is 0 Å². The number of hydrogen-bond acceptors (Lipinski definition) is 5. The number of aliphatic imine (C=N–C) groups is 1. The molecule has 152 valence electrons. The number of hydrogen-bond donors (Lipinski definition) is 2. The number of fused-ring (bicyclic) bond motifs is 1. The normalized spacial score (nSPS) is 18.5. The largest absolute Gasteiger partial charge is 0.508 e. The van der Waals surface area contributed by atoms with Crippen molar-refractivity contribution in [3.63, 3.8) is 0 Å². The number of pyridine rings is 1. The van der Waals surface area contributed by atoms with Gasteiger partial charge in [0, 0.05) is 48.6 Å². The second-order valence-corrected chi connectivity index (χ2v) is 7.63. The summed E-state index contributed by atoms with van der Waals surface area (Å²) in [5, 5.41) is 13.0. The van der Waals surface area contributed by atoms with Crippen molar-refractivity contribution in [2.24, 2.45) is 4.99 Å². The van der Waals surface area contributed by atoms with E-state index in [0.717, 1.165) is 36.7 Å². The monoisotopic (exact) mass is 396 g/mol. The number of nitrogens with zero attached hydrogens (tertiary/aromatic N) is 3. The van der Waals surface area contributed by atoms with E-state index in [0.29, 0.717) is 36.6 Å². The van der Waals surface area contributed by atoms with Crippen molar-refractivity contribution in [3.05, 3.63) is 46.9 Å². The van der Waals surface area contributed by atoms with Crippen molar-refractivity contribution in [1.29, 1.82) is 0 Å². The Morgan fingerprint density at radius 2 is 2.21 bits per heavy atom. The van der Waals surface area contributed by atoms with Crippen LogP contribution in [-0.2, 0) is 6.54 Å². The van der Waals surface area contributed by atoms with Crippen LogP contribution in [-0.4, -0.2) is 52.3 Å². The zero-order chi connectivity index (χ0) is 20.5. The van der Waals surface area contributed by atoms with E-state index < -0.39 is 5.82 Å². The molecule has 0 saturated carbocycles. The van der Waals surface area contributed by atoms with Gasteiger partial charge in [0.05, 0.1) is 23.5 Å². The summed E-state index contributed by atoms with van der Waals surface area (Å²) in [5.41, 5.74) is 3.41. The fourth-order valence-corrected chi connectivity index (χ4v) is 4.13. The molecular weight excluding hydrogens is 371 g/mol. The number of carbonyl (C=O) groups is 1. The number of benzene rings is 1. The molecule has 0 spiro atoms. The van der Waals surface area contributed by atoms with Crippen LogP contribution in [0.25, 0.3) is 11.3 Å². The van der Waals surface area contributed by atoms with Crippen molar-refractivity contribution in [1.82, 2.24) is 15.2 Å². The van der Waals surface area contributed by atoms with Gasteiger partial charge in [-0.25, -0.2) is 9.37 Å². The summed E-state index contributed by atoms with van der Waals surface area (Å²) < 4.78 is 14.5. The lowest BCUT2D eigenvalue weighted by atomic mass is 9.98. The van der Waals surface area contributed by atoms with Crippen molar-refractivity contribution < 1.29 is 14.3 Å². The van der Waals surface area contributed by atoms with E-state index in [1.807, 2.05) is 11.8 Å². The van der Waals surface area contributed by atoms with Gasteiger partial charge in [-0.3, -0.25) is 9.79 Å². The zero-order valence-corrected chi connectivity index (χ0v) is 16.7. The number of aromatic nitrogens is 1. The van der Waals surface area contributed by atoms with E-state index in [4.69, 9.17) is 0 Å². The molecule has 3 heterocycles. The quantitative estimate of drug-likeness (QED) is 0.832. The van der Waals surface area contributed by atoms with Crippen LogP contribution in [0.4, 0.5) is 4.39 Å². The van der Waals surface area contributed by atoms with Gasteiger partial charge in [0.15, 0.2) is 0 Å². The lowest BCUT2D eigenvalue weighted by Gasteiger charge is -2.34. The first-order chi connectivity index (χ1) is 14.0. The Labute approximate surface area is 169 Å². The molecule has 1 amide bonds. The van der Waals surface area contributed by atoms with E-state index >= 15 is 0 Å². The Morgan fingerprint density at radius 3 is 2.97 bits per heavy atom. The summed E-state index contributed by atoms with van der Waals surface area (Å²) in [5.74, 6) is -0.787. The van der Waals surface area contributed by atoms with Crippen molar-refractivity contribution in [2.45, 2.75) is 39.3 Å². The molecule has 0 aliphatic carbocycles. The van der Waals surface area contributed by atoms with Gasteiger partial charge in [-0.15, -0.1) is 0 Å². The molecule has 0 radical (unpaired) electrons. The lowest BCUT2D eigenvalue weighted by molar-refractivity contribution is 0.0699. The Morgan fingerprint density at radius 1 is 1.38 bits per heavy atom. The number of nitrogens with one attached hydrogen (secondary N) is 1. The third kappa shape index (κ3) is 3.74. The van der Waals surface area contributed by atoms with E-state index in [-0.39, 0.29) is 23.3 Å². The number of rotatable bonds is 4. The number of phenolic OH excluding ortho intramolecular Hbond substituents is 1. The summed E-state index contributed by atoms with van der Waals surface area (Å²) >= 11 is 0. The zero-order valence-electron chi connectivity index (χ0n) is 16.7. The second kappa shape index (κ2) is 7.91. The smallest absolute Gasteiger partial charge is 0.254 e. The van der Waals surface area contributed by atoms with Crippen LogP contribution in [0.2, 0.25) is 0 Å². The maximum Gasteiger partial charge on any atom is 0.254 e. The van der Waals surface area contributed by atoms with Gasteiger partial charge in [-0.2, -0.15) is 0 Å². The molecule has 1 atom stereocenters. The fourth-order valence-electron chi connectivity index (χ4n) is 4.13. The minimum atomic E-state index is -0.573. The van der Waals surface area contributed by atoms with Gasteiger partial charge in [0.25, 0.3) is 5.91 Å². The molecule has 4 rings (SSSR count). The third-order valence-corrected chi connectivity index (χ3v) is 5.56. The molecule has 2 aromatic rings. The Kier molecular flexibility index (Phi) is 5.32. The van der Waals surface area contributed by atoms with Gasteiger partial charge >= 0.3 is 0 Å². The molecule has 1 fully saturated rings. The second-order valence-electron chi connectivity index (χ2n) is 7.63. The first kappa shape index (κ1) is 19.5. The van der Waals surface area contributed by atoms with Crippen LogP contribution in [0, 0.1) is 5.82 Å². The highest BCUT2D eigenvalue weighted by Gasteiger charge is 2.29. The highest BCUT2D eigenvalue weighted by atomic mass is 19.1. The maximum absolute atomic E-state index is 14.5.